The number of aryl methyl sites for hydroxylation is 1. The molecule has 6 nitrogen and oxygen atoms in total. The third kappa shape index (κ3) is 4.17. The van der Waals surface area contributed by atoms with Crippen LogP contribution in [-0.2, 0) is 16.1 Å². The number of aromatic nitrogens is 1. The van der Waals surface area contributed by atoms with Crippen molar-refractivity contribution in [2.75, 3.05) is 37.6 Å². The van der Waals surface area contributed by atoms with Crippen LogP contribution in [0.4, 0.5) is 5.69 Å². The Morgan fingerprint density at radius 3 is 2.59 bits per heavy atom. The van der Waals surface area contributed by atoms with E-state index in [0.717, 1.165) is 42.1 Å². The zero-order valence-corrected chi connectivity index (χ0v) is 17.2. The van der Waals surface area contributed by atoms with Crippen molar-refractivity contribution in [3.63, 3.8) is 0 Å². The van der Waals surface area contributed by atoms with Crippen molar-refractivity contribution in [2.45, 2.75) is 26.8 Å². The predicted octanol–water partition coefficient (Wildman–Crippen LogP) is 2.40. The molecule has 2 aromatic rings. The molecule has 1 aromatic heterocycles. The fourth-order valence-corrected chi connectivity index (χ4v) is 4.24. The fraction of sp³-hybridized carbons (Fsp3) is 0.435. The van der Waals surface area contributed by atoms with Gasteiger partial charge in [-0.3, -0.25) is 19.5 Å². The summed E-state index contributed by atoms with van der Waals surface area (Å²) in [6.07, 6.45) is 2.12. The molecule has 0 bridgehead atoms. The number of hydrogen-bond acceptors (Lipinski definition) is 4. The second-order valence-corrected chi connectivity index (χ2v) is 8.05. The third-order valence-corrected chi connectivity index (χ3v) is 6.14. The van der Waals surface area contributed by atoms with Gasteiger partial charge in [-0.05, 0) is 43.2 Å². The maximum absolute atomic E-state index is 13.1. The van der Waals surface area contributed by atoms with Gasteiger partial charge in [-0.2, -0.15) is 0 Å². The van der Waals surface area contributed by atoms with E-state index in [0.29, 0.717) is 26.1 Å². The monoisotopic (exact) mass is 392 g/mol. The highest BCUT2D eigenvalue weighted by atomic mass is 16.2. The van der Waals surface area contributed by atoms with Crippen LogP contribution >= 0.6 is 0 Å². The number of amides is 2. The molecule has 2 aliphatic heterocycles. The normalized spacial score (nSPS) is 20.3. The lowest BCUT2D eigenvalue weighted by Gasteiger charge is -2.35. The van der Waals surface area contributed by atoms with Gasteiger partial charge < -0.3 is 9.80 Å². The summed E-state index contributed by atoms with van der Waals surface area (Å²) in [6, 6.07) is 12.0. The van der Waals surface area contributed by atoms with Crippen molar-refractivity contribution in [3.8, 4) is 0 Å². The molecule has 3 heterocycles. The molecule has 0 aliphatic carbocycles. The fourth-order valence-electron chi connectivity index (χ4n) is 4.24. The second-order valence-electron chi connectivity index (χ2n) is 8.05. The molecule has 0 N–H and O–H groups in total. The first-order valence-electron chi connectivity index (χ1n) is 10.3. The van der Waals surface area contributed by atoms with Crippen LogP contribution in [-0.4, -0.2) is 59.3 Å². The lowest BCUT2D eigenvalue weighted by atomic mass is 10.1. The zero-order chi connectivity index (χ0) is 20.4. The van der Waals surface area contributed by atoms with E-state index in [1.165, 1.54) is 0 Å². The number of benzene rings is 1. The molecular weight excluding hydrogens is 364 g/mol. The van der Waals surface area contributed by atoms with Crippen molar-refractivity contribution in [2.24, 2.45) is 5.92 Å². The van der Waals surface area contributed by atoms with Crippen LogP contribution in [0, 0.1) is 19.8 Å². The highest BCUT2D eigenvalue weighted by Gasteiger charge is 2.38. The van der Waals surface area contributed by atoms with Crippen molar-refractivity contribution >= 4 is 17.5 Å². The molecule has 1 atom stereocenters. The molecule has 4 rings (SSSR count). The van der Waals surface area contributed by atoms with Gasteiger partial charge in [0.1, 0.15) is 0 Å². The maximum Gasteiger partial charge on any atom is 0.228 e. The first kappa shape index (κ1) is 19.6. The SMILES string of the molecule is Cc1cccc(N2CC(C(=O)N3CCN(Cc4ccccn4)CC3)CC2=O)c1C. The summed E-state index contributed by atoms with van der Waals surface area (Å²) in [5.41, 5.74) is 4.26. The van der Waals surface area contributed by atoms with Gasteiger partial charge in [0.25, 0.3) is 0 Å². The summed E-state index contributed by atoms with van der Waals surface area (Å²) in [7, 11) is 0. The van der Waals surface area contributed by atoms with Crippen molar-refractivity contribution in [1.29, 1.82) is 0 Å². The van der Waals surface area contributed by atoms with E-state index in [2.05, 4.69) is 9.88 Å². The van der Waals surface area contributed by atoms with Gasteiger partial charge in [0.05, 0.1) is 11.6 Å². The van der Waals surface area contributed by atoms with E-state index >= 15 is 0 Å². The van der Waals surface area contributed by atoms with Crippen molar-refractivity contribution < 1.29 is 9.59 Å². The van der Waals surface area contributed by atoms with Gasteiger partial charge in [-0.25, -0.2) is 0 Å². The van der Waals surface area contributed by atoms with E-state index in [4.69, 9.17) is 0 Å². The molecule has 0 spiro atoms. The Balaban J connectivity index is 1.35. The van der Waals surface area contributed by atoms with Crippen LogP contribution in [0.1, 0.15) is 23.2 Å². The van der Waals surface area contributed by atoms with Crippen LogP contribution < -0.4 is 4.90 Å². The minimum absolute atomic E-state index is 0.0471. The third-order valence-electron chi connectivity index (χ3n) is 6.14. The Labute approximate surface area is 172 Å². The summed E-state index contributed by atoms with van der Waals surface area (Å²) in [5.74, 6) is -0.0840. The highest BCUT2D eigenvalue weighted by Crippen LogP contribution is 2.30. The van der Waals surface area contributed by atoms with Crippen LogP contribution in [0.3, 0.4) is 0 Å². The summed E-state index contributed by atoms with van der Waals surface area (Å²) < 4.78 is 0. The Morgan fingerprint density at radius 1 is 1.07 bits per heavy atom. The van der Waals surface area contributed by atoms with Crippen LogP contribution in [0.15, 0.2) is 42.6 Å². The number of carbonyl (C=O) groups is 2. The van der Waals surface area contributed by atoms with Gasteiger partial charge in [0.2, 0.25) is 11.8 Å². The number of hydrogen-bond donors (Lipinski definition) is 0. The van der Waals surface area contributed by atoms with Crippen molar-refractivity contribution in [3.05, 3.63) is 59.4 Å². The molecule has 1 unspecified atom stereocenters. The number of anilines is 1. The Hall–Kier alpha value is -2.73. The van der Waals surface area contributed by atoms with E-state index in [9.17, 15) is 9.59 Å². The van der Waals surface area contributed by atoms with Crippen LogP contribution in [0.25, 0.3) is 0 Å². The summed E-state index contributed by atoms with van der Waals surface area (Å²) >= 11 is 0. The van der Waals surface area contributed by atoms with Gasteiger partial charge in [0.15, 0.2) is 0 Å². The molecule has 0 radical (unpaired) electrons. The summed E-state index contributed by atoms with van der Waals surface area (Å²) in [6.45, 7) is 8.47. The standard InChI is InChI=1S/C23H28N4O2/c1-17-6-5-8-21(18(17)2)27-15-19(14-22(27)28)23(29)26-12-10-25(11-13-26)16-20-7-3-4-9-24-20/h3-9,19H,10-16H2,1-2H3. The van der Waals surface area contributed by atoms with Gasteiger partial charge in [-0.1, -0.05) is 18.2 Å². The van der Waals surface area contributed by atoms with E-state index < -0.39 is 0 Å². The minimum atomic E-state index is -0.246. The highest BCUT2D eigenvalue weighted by molar-refractivity contribution is 6.01. The van der Waals surface area contributed by atoms with Gasteiger partial charge >= 0.3 is 0 Å². The molecule has 6 heteroatoms. The molecule has 2 fully saturated rings. The average molecular weight is 393 g/mol. The molecule has 152 valence electrons. The van der Waals surface area contributed by atoms with E-state index in [-0.39, 0.29) is 17.7 Å². The first-order chi connectivity index (χ1) is 14.0. The number of nitrogens with zero attached hydrogens (tertiary/aromatic N) is 4. The van der Waals surface area contributed by atoms with Crippen LogP contribution in [0.2, 0.25) is 0 Å². The van der Waals surface area contributed by atoms with Crippen LogP contribution in [0.5, 0.6) is 0 Å². The lowest BCUT2D eigenvalue weighted by molar-refractivity contribution is -0.137. The number of pyridine rings is 1. The summed E-state index contributed by atoms with van der Waals surface area (Å²) in [5, 5.41) is 0. The second kappa shape index (κ2) is 8.33. The maximum atomic E-state index is 13.1. The number of piperazine rings is 1. The smallest absolute Gasteiger partial charge is 0.228 e. The molecule has 0 saturated carbocycles. The molecule has 29 heavy (non-hydrogen) atoms. The minimum Gasteiger partial charge on any atom is -0.340 e. The zero-order valence-electron chi connectivity index (χ0n) is 17.2. The molecule has 2 aliphatic rings. The van der Waals surface area contributed by atoms with Gasteiger partial charge in [0, 0.05) is 57.6 Å². The van der Waals surface area contributed by atoms with E-state index in [1.54, 1.807) is 4.90 Å². The Bertz CT molecular complexity index is 891. The quantitative estimate of drug-likeness (QED) is 0.802. The largest absolute Gasteiger partial charge is 0.340 e. The molecule has 2 amide bonds. The first-order valence-corrected chi connectivity index (χ1v) is 10.3. The molecular formula is C23H28N4O2. The van der Waals surface area contributed by atoms with Gasteiger partial charge in [-0.15, -0.1) is 0 Å². The average Bonchev–Trinajstić information content (AvgIpc) is 3.12. The molecule has 2 saturated heterocycles. The topological polar surface area (TPSA) is 56.8 Å². The lowest BCUT2D eigenvalue weighted by Crippen LogP contribution is -2.50. The Kier molecular flexibility index (Phi) is 5.62. The number of rotatable bonds is 4. The molecule has 1 aromatic carbocycles. The number of carbonyl (C=O) groups excluding carboxylic acids is 2. The predicted molar refractivity (Wildman–Crippen MR) is 112 cm³/mol. The Morgan fingerprint density at radius 2 is 1.86 bits per heavy atom. The van der Waals surface area contributed by atoms with Crippen molar-refractivity contribution in [1.82, 2.24) is 14.8 Å². The van der Waals surface area contributed by atoms with E-state index in [1.807, 2.05) is 61.3 Å². The summed E-state index contributed by atoms with van der Waals surface area (Å²) in [4.78, 5) is 36.1.